The van der Waals surface area contributed by atoms with Crippen molar-refractivity contribution >= 4 is 0 Å². The van der Waals surface area contributed by atoms with Crippen molar-refractivity contribution in [2.75, 3.05) is 0 Å². The summed E-state index contributed by atoms with van der Waals surface area (Å²) in [5.41, 5.74) is 1.54. The predicted octanol–water partition coefficient (Wildman–Crippen LogP) is 5.77. The van der Waals surface area contributed by atoms with Gasteiger partial charge in [0.2, 0.25) is 6.29 Å². The summed E-state index contributed by atoms with van der Waals surface area (Å²) in [5.74, 6) is 1.48. The van der Waals surface area contributed by atoms with Crippen molar-refractivity contribution in [1.82, 2.24) is 0 Å². The topological polar surface area (TPSA) is 18.5 Å². The van der Waals surface area contributed by atoms with Crippen LogP contribution < -0.4 is 4.74 Å². The van der Waals surface area contributed by atoms with Gasteiger partial charge >= 0.3 is 0 Å². The molecule has 0 N–H and O–H groups in total. The molecular formula is C19H32O2. The highest BCUT2D eigenvalue weighted by atomic mass is 16.7. The second-order valence-corrected chi connectivity index (χ2v) is 7.38. The van der Waals surface area contributed by atoms with Gasteiger partial charge in [0.1, 0.15) is 5.75 Å². The Bertz CT molecular complexity index is 401. The fraction of sp³-hybridized carbons (Fsp3) is 0.684. The molecule has 1 rings (SSSR count). The summed E-state index contributed by atoms with van der Waals surface area (Å²) in [5, 5.41) is 0. The summed E-state index contributed by atoms with van der Waals surface area (Å²) < 4.78 is 12.0. The van der Waals surface area contributed by atoms with Crippen molar-refractivity contribution in [1.29, 1.82) is 0 Å². The van der Waals surface area contributed by atoms with E-state index >= 15 is 0 Å². The SMILES string of the molecule is CCC(C)c1ccc(OC(CC(C)(C)C)OC(C)C)cc1. The van der Waals surface area contributed by atoms with Crippen LogP contribution in [0.2, 0.25) is 0 Å². The first-order valence-corrected chi connectivity index (χ1v) is 8.13. The van der Waals surface area contributed by atoms with E-state index in [4.69, 9.17) is 9.47 Å². The monoisotopic (exact) mass is 292 g/mol. The smallest absolute Gasteiger partial charge is 0.200 e. The third-order valence-electron chi connectivity index (χ3n) is 3.53. The molecule has 1 aromatic rings. The zero-order valence-electron chi connectivity index (χ0n) is 14.8. The van der Waals surface area contributed by atoms with E-state index in [0.717, 1.165) is 18.6 Å². The highest BCUT2D eigenvalue weighted by Gasteiger charge is 2.22. The van der Waals surface area contributed by atoms with Gasteiger partial charge in [0, 0.05) is 6.42 Å². The summed E-state index contributed by atoms with van der Waals surface area (Å²) in [6, 6.07) is 8.43. The average molecular weight is 292 g/mol. The standard InChI is InChI=1S/C19H32O2/c1-8-15(4)16-9-11-17(12-10-16)21-18(20-14(2)3)13-19(5,6)7/h9-12,14-15,18H,8,13H2,1-7H3. The highest BCUT2D eigenvalue weighted by molar-refractivity contribution is 5.29. The Labute approximate surface area is 130 Å². The summed E-state index contributed by atoms with van der Waals surface area (Å²) in [6.45, 7) is 15.2. The molecule has 2 nitrogen and oxygen atoms in total. The number of benzene rings is 1. The third kappa shape index (κ3) is 6.99. The van der Waals surface area contributed by atoms with E-state index in [-0.39, 0.29) is 17.8 Å². The van der Waals surface area contributed by atoms with Crippen LogP contribution in [0.1, 0.15) is 72.8 Å². The maximum Gasteiger partial charge on any atom is 0.200 e. The molecule has 2 heteroatoms. The van der Waals surface area contributed by atoms with Crippen LogP contribution in [0.3, 0.4) is 0 Å². The molecule has 0 saturated heterocycles. The number of rotatable bonds is 7. The Hall–Kier alpha value is -1.02. The van der Waals surface area contributed by atoms with Crippen LogP contribution in [0.4, 0.5) is 0 Å². The van der Waals surface area contributed by atoms with Gasteiger partial charge in [-0.2, -0.15) is 0 Å². The third-order valence-corrected chi connectivity index (χ3v) is 3.53. The van der Waals surface area contributed by atoms with Gasteiger partial charge < -0.3 is 9.47 Å². The van der Waals surface area contributed by atoms with Crippen molar-refractivity contribution in [3.63, 3.8) is 0 Å². The van der Waals surface area contributed by atoms with E-state index in [1.165, 1.54) is 5.56 Å². The predicted molar refractivity (Wildman–Crippen MR) is 89.9 cm³/mol. The highest BCUT2D eigenvalue weighted by Crippen LogP contribution is 2.27. The lowest BCUT2D eigenvalue weighted by atomic mass is 9.92. The van der Waals surface area contributed by atoms with Crippen molar-refractivity contribution in [3.8, 4) is 5.75 Å². The quantitative estimate of drug-likeness (QED) is 0.594. The van der Waals surface area contributed by atoms with Crippen LogP contribution in [-0.4, -0.2) is 12.4 Å². The van der Waals surface area contributed by atoms with E-state index in [1.54, 1.807) is 0 Å². The van der Waals surface area contributed by atoms with E-state index in [1.807, 2.05) is 13.8 Å². The molecule has 1 aromatic carbocycles. The van der Waals surface area contributed by atoms with E-state index < -0.39 is 0 Å². The minimum absolute atomic E-state index is 0.164. The van der Waals surface area contributed by atoms with Gasteiger partial charge in [-0.15, -0.1) is 0 Å². The summed E-state index contributed by atoms with van der Waals surface area (Å²) in [6.07, 6.45) is 2.00. The van der Waals surface area contributed by atoms with Crippen LogP contribution >= 0.6 is 0 Å². The maximum atomic E-state index is 6.05. The Morgan fingerprint density at radius 1 is 1.00 bits per heavy atom. The Balaban J connectivity index is 2.73. The van der Waals surface area contributed by atoms with Crippen LogP contribution in [0.5, 0.6) is 5.75 Å². The van der Waals surface area contributed by atoms with Crippen molar-refractivity contribution in [2.24, 2.45) is 5.41 Å². The first-order chi connectivity index (χ1) is 9.71. The summed E-state index contributed by atoms with van der Waals surface area (Å²) >= 11 is 0. The molecule has 0 aromatic heterocycles. The Morgan fingerprint density at radius 2 is 1.57 bits per heavy atom. The van der Waals surface area contributed by atoms with Gasteiger partial charge in [-0.05, 0) is 49.3 Å². The lowest BCUT2D eigenvalue weighted by Gasteiger charge is -2.28. The second-order valence-electron chi connectivity index (χ2n) is 7.38. The molecule has 0 bridgehead atoms. The minimum atomic E-state index is -0.195. The lowest BCUT2D eigenvalue weighted by Crippen LogP contribution is -2.29. The van der Waals surface area contributed by atoms with Gasteiger partial charge in [-0.1, -0.05) is 46.8 Å². The zero-order valence-corrected chi connectivity index (χ0v) is 14.8. The molecule has 0 spiro atoms. The Kier molecular flexibility index (Phi) is 6.73. The first-order valence-electron chi connectivity index (χ1n) is 8.13. The fourth-order valence-corrected chi connectivity index (χ4v) is 2.18. The summed E-state index contributed by atoms with van der Waals surface area (Å²) in [7, 11) is 0. The second kappa shape index (κ2) is 7.84. The van der Waals surface area contributed by atoms with E-state index in [0.29, 0.717) is 5.92 Å². The lowest BCUT2D eigenvalue weighted by molar-refractivity contribution is -0.124. The number of ether oxygens (including phenoxy) is 2. The maximum absolute atomic E-state index is 6.05. The molecule has 0 amide bonds. The van der Waals surface area contributed by atoms with Gasteiger partial charge in [-0.3, -0.25) is 0 Å². The van der Waals surface area contributed by atoms with Crippen molar-refractivity contribution < 1.29 is 9.47 Å². The van der Waals surface area contributed by atoms with Crippen LogP contribution in [0.25, 0.3) is 0 Å². The molecule has 0 heterocycles. The molecule has 2 unspecified atom stereocenters. The number of hydrogen-bond donors (Lipinski definition) is 0. The van der Waals surface area contributed by atoms with Crippen LogP contribution in [-0.2, 0) is 4.74 Å². The summed E-state index contributed by atoms with van der Waals surface area (Å²) in [4.78, 5) is 0. The van der Waals surface area contributed by atoms with Gasteiger partial charge in [-0.25, -0.2) is 0 Å². The molecule has 0 saturated carbocycles. The fourth-order valence-electron chi connectivity index (χ4n) is 2.18. The largest absolute Gasteiger partial charge is 0.465 e. The van der Waals surface area contributed by atoms with Crippen molar-refractivity contribution in [3.05, 3.63) is 29.8 Å². The molecule has 0 aliphatic rings. The van der Waals surface area contributed by atoms with Crippen LogP contribution in [0.15, 0.2) is 24.3 Å². The normalized spacial score (nSPS) is 15.0. The van der Waals surface area contributed by atoms with Gasteiger partial charge in [0.15, 0.2) is 0 Å². The molecule has 0 aliphatic carbocycles. The number of hydrogen-bond acceptors (Lipinski definition) is 2. The molecule has 0 fully saturated rings. The zero-order chi connectivity index (χ0) is 16.0. The minimum Gasteiger partial charge on any atom is -0.465 e. The van der Waals surface area contributed by atoms with Crippen molar-refractivity contribution in [2.45, 2.75) is 79.6 Å². The van der Waals surface area contributed by atoms with Gasteiger partial charge in [0.25, 0.3) is 0 Å². The molecule has 0 radical (unpaired) electrons. The molecular weight excluding hydrogens is 260 g/mol. The Morgan fingerprint density at radius 3 is 2.00 bits per heavy atom. The van der Waals surface area contributed by atoms with E-state index in [2.05, 4.69) is 58.9 Å². The van der Waals surface area contributed by atoms with Gasteiger partial charge in [0.05, 0.1) is 6.10 Å². The van der Waals surface area contributed by atoms with Crippen LogP contribution in [0, 0.1) is 5.41 Å². The average Bonchev–Trinajstić information content (AvgIpc) is 2.36. The molecule has 21 heavy (non-hydrogen) atoms. The molecule has 120 valence electrons. The van der Waals surface area contributed by atoms with E-state index in [9.17, 15) is 0 Å². The molecule has 2 atom stereocenters. The first kappa shape index (κ1) is 18.0. The molecule has 0 aliphatic heterocycles.